The maximum absolute atomic E-state index is 4.80. The summed E-state index contributed by atoms with van der Waals surface area (Å²) in [5, 5.41) is 3.44. The molecular formula is C20H28N4. The highest BCUT2D eigenvalue weighted by Gasteiger charge is 2.19. The van der Waals surface area contributed by atoms with Gasteiger partial charge in [-0.15, -0.1) is 0 Å². The summed E-state index contributed by atoms with van der Waals surface area (Å²) in [4.78, 5) is 12.0. The van der Waals surface area contributed by atoms with Gasteiger partial charge in [-0.25, -0.2) is 4.98 Å². The molecule has 1 fully saturated rings. The lowest BCUT2D eigenvalue weighted by Gasteiger charge is -2.31. The van der Waals surface area contributed by atoms with Crippen molar-refractivity contribution in [2.45, 2.75) is 46.1 Å². The molecule has 0 aliphatic carbocycles. The van der Waals surface area contributed by atoms with Gasteiger partial charge in [0, 0.05) is 30.8 Å². The average molecular weight is 324 g/mol. The maximum atomic E-state index is 4.80. The van der Waals surface area contributed by atoms with Crippen LogP contribution in [0.15, 0.2) is 36.4 Å². The van der Waals surface area contributed by atoms with E-state index in [9.17, 15) is 0 Å². The first-order valence-electron chi connectivity index (χ1n) is 9.11. The van der Waals surface area contributed by atoms with Gasteiger partial charge in [0.25, 0.3) is 0 Å². The molecule has 3 rings (SSSR count). The summed E-state index contributed by atoms with van der Waals surface area (Å²) in [5.41, 5.74) is 2.13. The lowest BCUT2D eigenvalue weighted by Crippen LogP contribution is -2.33. The Morgan fingerprint density at radius 1 is 1.17 bits per heavy atom. The van der Waals surface area contributed by atoms with Gasteiger partial charge < -0.3 is 10.2 Å². The molecule has 0 bridgehead atoms. The smallest absolute Gasteiger partial charge is 0.225 e. The number of aromatic nitrogens is 2. The molecular weight excluding hydrogens is 296 g/mol. The lowest BCUT2D eigenvalue weighted by atomic mass is 9.99. The normalized spacial score (nSPS) is 16.9. The molecule has 128 valence electrons. The van der Waals surface area contributed by atoms with Gasteiger partial charge in [0.15, 0.2) is 0 Å². The number of nitrogens with one attached hydrogen (secondary N) is 1. The summed E-state index contributed by atoms with van der Waals surface area (Å²) in [6.07, 6.45) is 3.52. The van der Waals surface area contributed by atoms with Crippen molar-refractivity contribution in [3.63, 3.8) is 0 Å². The standard InChI is InChI=1S/C20H28N4/c1-4-16(3)21-20-22-18(17-8-6-5-7-9-17)14-19(23-20)24-12-10-15(2)11-13-24/h5-9,14-16H,4,10-13H2,1-3H3,(H,21,22,23). The van der Waals surface area contributed by atoms with Crippen molar-refractivity contribution in [1.82, 2.24) is 9.97 Å². The summed E-state index contributed by atoms with van der Waals surface area (Å²) in [6, 6.07) is 12.9. The van der Waals surface area contributed by atoms with E-state index in [1.807, 2.05) is 6.07 Å². The van der Waals surface area contributed by atoms with Gasteiger partial charge in [-0.3, -0.25) is 0 Å². The molecule has 0 spiro atoms. The van der Waals surface area contributed by atoms with E-state index < -0.39 is 0 Å². The van der Waals surface area contributed by atoms with Gasteiger partial charge in [0.2, 0.25) is 5.95 Å². The summed E-state index contributed by atoms with van der Waals surface area (Å²) in [5.74, 6) is 2.59. The average Bonchev–Trinajstić information content (AvgIpc) is 2.62. The van der Waals surface area contributed by atoms with E-state index in [-0.39, 0.29) is 0 Å². The molecule has 1 atom stereocenters. The van der Waals surface area contributed by atoms with Crippen LogP contribution in [0.25, 0.3) is 11.3 Å². The molecule has 1 aliphatic rings. The fourth-order valence-corrected chi connectivity index (χ4v) is 2.98. The molecule has 1 aromatic heterocycles. The summed E-state index contributed by atoms with van der Waals surface area (Å²) >= 11 is 0. The third-order valence-corrected chi connectivity index (χ3v) is 4.88. The fourth-order valence-electron chi connectivity index (χ4n) is 2.98. The van der Waals surface area contributed by atoms with Crippen LogP contribution in [0, 0.1) is 5.92 Å². The zero-order chi connectivity index (χ0) is 16.9. The predicted octanol–water partition coefficient (Wildman–Crippen LogP) is 4.59. The quantitative estimate of drug-likeness (QED) is 0.873. The molecule has 1 aromatic carbocycles. The van der Waals surface area contributed by atoms with E-state index >= 15 is 0 Å². The number of rotatable bonds is 5. The first-order valence-corrected chi connectivity index (χ1v) is 9.11. The second kappa shape index (κ2) is 7.65. The van der Waals surface area contributed by atoms with Crippen molar-refractivity contribution in [2.75, 3.05) is 23.3 Å². The van der Waals surface area contributed by atoms with Crippen LogP contribution in [0.5, 0.6) is 0 Å². The number of piperidine rings is 1. The maximum Gasteiger partial charge on any atom is 0.225 e. The Kier molecular flexibility index (Phi) is 5.34. The van der Waals surface area contributed by atoms with E-state index in [0.29, 0.717) is 6.04 Å². The van der Waals surface area contributed by atoms with Crippen LogP contribution in [0.2, 0.25) is 0 Å². The van der Waals surface area contributed by atoms with Gasteiger partial charge in [-0.1, -0.05) is 44.2 Å². The van der Waals surface area contributed by atoms with Crippen molar-refractivity contribution < 1.29 is 0 Å². The van der Waals surface area contributed by atoms with Gasteiger partial charge in [-0.05, 0) is 32.1 Å². The van der Waals surface area contributed by atoms with Crippen molar-refractivity contribution in [3.8, 4) is 11.3 Å². The Morgan fingerprint density at radius 2 is 1.88 bits per heavy atom. The SMILES string of the molecule is CCC(C)Nc1nc(-c2ccccc2)cc(N2CCC(C)CC2)n1. The molecule has 0 radical (unpaired) electrons. The predicted molar refractivity (Wildman–Crippen MR) is 101 cm³/mol. The van der Waals surface area contributed by atoms with Crippen LogP contribution in [0.3, 0.4) is 0 Å². The summed E-state index contributed by atoms with van der Waals surface area (Å²) in [6.45, 7) is 8.83. The Balaban J connectivity index is 1.93. The first-order chi connectivity index (χ1) is 11.7. The Morgan fingerprint density at radius 3 is 2.54 bits per heavy atom. The zero-order valence-electron chi connectivity index (χ0n) is 15.0. The van der Waals surface area contributed by atoms with Crippen LogP contribution in [0.1, 0.15) is 40.0 Å². The number of hydrogen-bond donors (Lipinski definition) is 1. The van der Waals surface area contributed by atoms with E-state index in [2.05, 4.69) is 61.3 Å². The molecule has 1 unspecified atom stereocenters. The van der Waals surface area contributed by atoms with E-state index in [4.69, 9.17) is 9.97 Å². The summed E-state index contributed by atoms with van der Waals surface area (Å²) in [7, 11) is 0. The molecule has 1 saturated heterocycles. The fraction of sp³-hybridized carbons (Fsp3) is 0.500. The van der Waals surface area contributed by atoms with Crippen LogP contribution in [0.4, 0.5) is 11.8 Å². The Labute approximate surface area is 145 Å². The van der Waals surface area contributed by atoms with Gasteiger partial charge in [-0.2, -0.15) is 4.98 Å². The molecule has 1 N–H and O–H groups in total. The minimum atomic E-state index is 0.366. The largest absolute Gasteiger partial charge is 0.356 e. The molecule has 24 heavy (non-hydrogen) atoms. The monoisotopic (exact) mass is 324 g/mol. The third-order valence-electron chi connectivity index (χ3n) is 4.88. The number of nitrogens with zero attached hydrogens (tertiary/aromatic N) is 3. The second-order valence-corrected chi connectivity index (χ2v) is 6.92. The molecule has 4 heteroatoms. The van der Waals surface area contributed by atoms with Crippen molar-refractivity contribution in [1.29, 1.82) is 0 Å². The minimum absolute atomic E-state index is 0.366. The van der Waals surface area contributed by atoms with Crippen molar-refractivity contribution in [3.05, 3.63) is 36.4 Å². The van der Waals surface area contributed by atoms with Crippen molar-refractivity contribution in [2.24, 2.45) is 5.92 Å². The second-order valence-electron chi connectivity index (χ2n) is 6.92. The number of anilines is 2. The van der Waals surface area contributed by atoms with Gasteiger partial charge >= 0.3 is 0 Å². The van der Waals surface area contributed by atoms with E-state index in [1.54, 1.807) is 0 Å². The van der Waals surface area contributed by atoms with Crippen LogP contribution < -0.4 is 10.2 Å². The van der Waals surface area contributed by atoms with Crippen LogP contribution >= 0.6 is 0 Å². The van der Waals surface area contributed by atoms with Crippen LogP contribution in [-0.4, -0.2) is 29.1 Å². The van der Waals surface area contributed by atoms with Gasteiger partial charge in [0.05, 0.1) is 5.69 Å². The highest BCUT2D eigenvalue weighted by atomic mass is 15.2. The molecule has 2 heterocycles. The first kappa shape index (κ1) is 16.7. The molecule has 4 nitrogen and oxygen atoms in total. The highest BCUT2D eigenvalue weighted by Crippen LogP contribution is 2.27. The summed E-state index contributed by atoms with van der Waals surface area (Å²) < 4.78 is 0. The number of benzene rings is 1. The van der Waals surface area contributed by atoms with E-state index in [0.717, 1.165) is 48.5 Å². The highest BCUT2D eigenvalue weighted by molar-refractivity contribution is 5.65. The lowest BCUT2D eigenvalue weighted by molar-refractivity contribution is 0.436. The van der Waals surface area contributed by atoms with Gasteiger partial charge in [0.1, 0.15) is 5.82 Å². The third kappa shape index (κ3) is 4.05. The number of hydrogen-bond acceptors (Lipinski definition) is 4. The molecule has 0 saturated carbocycles. The topological polar surface area (TPSA) is 41.1 Å². The van der Waals surface area contributed by atoms with Crippen LogP contribution in [-0.2, 0) is 0 Å². The Bertz CT molecular complexity index is 648. The Hall–Kier alpha value is -2.10. The molecule has 1 aliphatic heterocycles. The van der Waals surface area contributed by atoms with Crippen molar-refractivity contribution >= 4 is 11.8 Å². The minimum Gasteiger partial charge on any atom is -0.356 e. The molecule has 0 amide bonds. The zero-order valence-corrected chi connectivity index (χ0v) is 15.0. The molecule has 2 aromatic rings. The van der Waals surface area contributed by atoms with E-state index in [1.165, 1.54) is 12.8 Å².